The second-order valence-electron chi connectivity index (χ2n) is 5.26. The first kappa shape index (κ1) is 15.8. The Morgan fingerprint density at radius 2 is 1.95 bits per heavy atom. The Morgan fingerprint density at radius 3 is 2.57 bits per heavy atom. The summed E-state index contributed by atoms with van der Waals surface area (Å²) in [5.74, 6) is -0.532. The maximum absolute atomic E-state index is 13.7. The molecule has 1 atom stereocenters. The van der Waals surface area contributed by atoms with Gasteiger partial charge in [-0.15, -0.1) is 0 Å². The van der Waals surface area contributed by atoms with Crippen LogP contribution < -0.4 is 5.32 Å². The summed E-state index contributed by atoms with van der Waals surface area (Å²) in [5, 5.41) is 2.84. The van der Waals surface area contributed by atoms with Crippen LogP contribution in [0.25, 0.3) is 0 Å². The molecular weight excluding hydrogens is 335 g/mol. The van der Waals surface area contributed by atoms with Crippen molar-refractivity contribution in [2.75, 3.05) is 0 Å². The minimum Gasteiger partial charge on any atom is -0.344 e. The number of hydrogen-bond donors (Lipinski definition) is 1. The molecule has 0 radical (unpaired) electrons. The molecule has 0 aliphatic carbocycles. The van der Waals surface area contributed by atoms with Gasteiger partial charge in [0.1, 0.15) is 11.5 Å². The maximum Gasteiger partial charge on any atom is 0.268 e. The fourth-order valence-corrected chi connectivity index (χ4v) is 2.67. The summed E-state index contributed by atoms with van der Waals surface area (Å²) in [6.45, 7) is 5.78. The molecule has 0 spiro atoms. The van der Waals surface area contributed by atoms with E-state index < -0.39 is 6.04 Å². The van der Waals surface area contributed by atoms with E-state index in [1.54, 1.807) is 31.2 Å². The Balaban J connectivity index is 2.20. The van der Waals surface area contributed by atoms with Gasteiger partial charge in [-0.1, -0.05) is 18.2 Å². The SMILES string of the molecule is CC(NC(=O)c1cc(Br)cn1C(C)C)c1ccccc1F. The Bertz CT molecular complexity index is 651. The number of hydrogen-bond acceptors (Lipinski definition) is 1. The van der Waals surface area contributed by atoms with E-state index in [2.05, 4.69) is 21.2 Å². The van der Waals surface area contributed by atoms with Crippen LogP contribution in [0.3, 0.4) is 0 Å². The van der Waals surface area contributed by atoms with Crippen LogP contribution in [0, 0.1) is 5.82 Å². The lowest BCUT2D eigenvalue weighted by molar-refractivity contribution is 0.0928. The molecule has 0 fully saturated rings. The Labute approximate surface area is 132 Å². The zero-order valence-corrected chi connectivity index (χ0v) is 13.8. The molecule has 0 saturated carbocycles. The lowest BCUT2D eigenvalue weighted by Gasteiger charge is -2.17. The van der Waals surface area contributed by atoms with Gasteiger partial charge >= 0.3 is 0 Å². The van der Waals surface area contributed by atoms with Crippen molar-refractivity contribution in [2.24, 2.45) is 0 Å². The first-order valence-electron chi connectivity index (χ1n) is 6.82. The van der Waals surface area contributed by atoms with Gasteiger partial charge in [0, 0.05) is 22.3 Å². The van der Waals surface area contributed by atoms with Crippen molar-refractivity contribution in [3.63, 3.8) is 0 Å². The number of carbonyl (C=O) groups is 1. The van der Waals surface area contributed by atoms with Gasteiger partial charge < -0.3 is 9.88 Å². The number of amides is 1. The van der Waals surface area contributed by atoms with Crippen LogP contribution in [0.5, 0.6) is 0 Å². The molecule has 2 rings (SSSR count). The average molecular weight is 353 g/mol. The average Bonchev–Trinajstić information content (AvgIpc) is 2.81. The van der Waals surface area contributed by atoms with E-state index in [1.807, 2.05) is 24.6 Å². The van der Waals surface area contributed by atoms with Gasteiger partial charge in [-0.05, 0) is 48.8 Å². The fourth-order valence-electron chi connectivity index (χ4n) is 2.23. The van der Waals surface area contributed by atoms with E-state index in [9.17, 15) is 9.18 Å². The van der Waals surface area contributed by atoms with Gasteiger partial charge in [0.15, 0.2) is 0 Å². The molecule has 5 heteroatoms. The summed E-state index contributed by atoms with van der Waals surface area (Å²) in [6.07, 6.45) is 1.87. The quantitative estimate of drug-likeness (QED) is 0.865. The van der Waals surface area contributed by atoms with Crippen molar-refractivity contribution in [3.05, 3.63) is 58.1 Å². The molecule has 1 N–H and O–H groups in total. The smallest absolute Gasteiger partial charge is 0.268 e. The normalized spacial score (nSPS) is 12.5. The van der Waals surface area contributed by atoms with Crippen LogP contribution in [0.15, 0.2) is 41.0 Å². The second kappa shape index (κ2) is 6.43. The van der Waals surface area contributed by atoms with Gasteiger partial charge in [-0.2, -0.15) is 0 Å². The summed E-state index contributed by atoms with van der Waals surface area (Å²) in [6, 6.07) is 8.00. The molecule has 21 heavy (non-hydrogen) atoms. The number of rotatable bonds is 4. The van der Waals surface area contributed by atoms with Crippen LogP contribution in [0.2, 0.25) is 0 Å². The Kier molecular flexibility index (Phi) is 4.83. The highest BCUT2D eigenvalue weighted by Gasteiger charge is 2.18. The highest BCUT2D eigenvalue weighted by molar-refractivity contribution is 9.10. The highest BCUT2D eigenvalue weighted by Crippen LogP contribution is 2.21. The number of benzene rings is 1. The van der Waals surface area contributed by atoms with E-state index in [-0.39, 0.29) is 17.8 Å². The van der Waals surface area contributed by atoms with Crippen LogP contribution in [-0.2, 0) is 0 Å². The van der Waals surface area contributed by atoms with Crippen LogP contribution in [0.1, 0.15) is 48.9 Å². The number of nitrogens with one attached hydrogen (secondary N) is 1. The van der Waals surface area contributed by atoms with Crippen molar-refractivity contribution >= 4 is 21.8 Å². The molecule has 1 aromatic heterocycles. The van der Waals surface area contributed by atoms with Crippen LogP contribution >= 0.6 is 15.9 Å². The number of halogens is 2. The van der Waals surface area contributed by atoms with Gasteiger partial charge in [0.2, 0.25) is 0 Å². The van der Waals surface area contributed by atoms with Crippen molar-refractivity contribution in [1.29, 1.82) is 0 Å². The molecule has 2 aromatic rings. The minimum absolute atomic E-state index is 0.167. The third-order valence-corrected chi connectivity index (χ3v) is 3.76. The fraction of sp³-hybridized carbons (Fsp3) is 0.312. The third kappa shape index (κ3) is 3.53. The molecule has 3 nitrogen and oxygen atoms in total. The summed E-state index contributed by atoms with van der Waals surface area (Å²) >= 11 is 3.38. The molecule has 1 heterocycles. The monoisotopic (exact) mass is 352 g/mol. The lowest BCUT2D eigenvalue weighted by atomic mass is 10.1. The van der Waals surface area contributed by atoms with E-state index in [0.717, 1.165) is 4.47 Å². The summed E-state index contributed by atoms with van der Waals surface area (Å²) < 4.78 is 16.5. The largest absolute Gasteiger partial charge is 0.344 e. The van der Waals surface area contributed by atoms with Gasteiger partial charge in [0.25, 0.3) is 5.91 Å². The highest BCUT2D eigenvalue weighted by atomic mass is 79.9. The second-order valence-corrected chi connectivity index (χ2v) is 6.18. The first-order valence-corrected chi connectivity index (χ1v) is 7.62. The topological polar surface area (TPSA) is 34.0 Å². The molecule has 0 bridgehead atoms. The van der Waals surface area contributed by atoms with E-state index in [4.69, 9.17) is 0 Å². The number of aromatic nitrogens is 1. The van der Waals surface area contributed by atoms with Gasteiger partial charge in [-0.3, -0.25) is 4.79 Å². The first-order chi connectivity index (χ1) is 9.90. The predicted octanol–water partition coefficient (Wildman–Crippen LogP) is 4.46. The Morgan fingerprint density at radius 1 is 1.29 bits per heavy atom. The van der Waals surface area contributed by atoms with Crippen molar-refractivity contribution in [1.82, 2.24) is 9.88 Å². The molecule has 1 unspecified atom stereocenters. The van der Waals surface area contributed by atoms with Crippen molar-refractivity contribution in [3.8, 4) is 0 Å². The number of carbonyl (C=O) groups excluding carboxylic acids is 1. The molecule has 1 aromatic carbocycles. The Hall–Kier alpha value is -1.62. The van der Waals surface area contributed by atoms with Crippen LogP contribution in [-0.4, -0.2) is 10.5 Å². The summed E-state index contributed by atoms with van der Waals surface area (Å²) in [5.41, 5.74) is 1.03. The molecular formula is C16H18BrFN2O. The zero-order chi connectivity index (χ0) is 15.6. The summed E-state index contributed by atoms with van der Waals surface area (Å²) in [4.78, 5) is 12.4. The molecule has 112 valence electrons. The predicted molar refractivity (Wildman–Crippen MR) is 84.8 cm³/mol. The van der Waals surface area contributed by atoms with E-state index in [1.165, 1.54) is 6.07 Å². The molecule has 0 aliphatic rings. The van der Waals surface area contributed by atoms with Gasteiger partial charge in [0.05, 0.1) is 6.04 Å². The number of nitrogens with zero attached hydrogens (tertiary/aromatic N) is 1. The van der Waals surface area contributed by atoms with E-state index in [0.29, 0.717) is 11.3 Å². The van der Waals surface area contributed by atoms with Crippen molar-refractivity contribution < 1.29 is 9.18 Å². The molecule has 0 saturated heterocycles. The summed E-state index contributed by atoms with van der Waals surface area (Å²) in [7, 11) is 0. The molecule has 1 amide bonds. The minimum atomic E-state index is -0.395. The van der Waals surface area contributed by atoms with Crippen LogP contribution in [0.4, 0.5) is 4.39 Å². The molecule has 0 aliphatic heterocycles. The standard InChI is InChI=1S/C16H18BrFN2O/c1-10(2)20-9-12(17)8-15(20)16(21)19-11(3)13-6-4-5-7-14(13)18/h4-11H,1-3H3,(H,19,21). The third-order valence-electron chi connectivity index (χ3n) is 3.32. The zero-order valence-electron chi connectivity index (χ0n) is 12.2. The van der Waals surface area contributed by atoms with Crippen molar-refractivity contribution in [2.45, 2.75) is 32.9 Å². The maximum atomic E-state index is 13.7. The van der Waals surface area contributed by atoms with E-state index >= 15 is 0 Å². The lowest BCUT2D eigenvalue weighted by Crippen LogP contribution is -2.29. The van der Waals surface area contributed by atoms with Gasteiger partial charge in [-0.25, -0.2) is 4.39 Å².